The van der Waals surface area contributed by atoms with E-state index in [-0.39, 0.29) is 12.2 Å². The first-order valence-corrected chi connectivity index (χ1v) is 6.73. The minimum Gasteiger partial charge on any atom is -0.497 e. The molecule has 2 aromatic heterocycles. The van der Waals surface area contributed by atoms with Gasteiger partial charge in [0.2, 0.25) is 0 Å². The zero-order valence-corrected chi connectivity index (χ0v) is 12.4. The van der Waals surface area contributed by atoms with Crippen molar-refractivity contribution in [3.05, 3.63) is 51.6 Å². The predicted octanol–water partition coefficient (Wildman–Crippen LogP) is 1.45. The van der Waals surface area contributed by atoms with E-state index in [2.05, 4.69) is 10.3 Å². The summed E-state index contributed by atoms with van der Waals surface area (Å²) in [6, 6.07) is 6.34. The molecule has 1 N–H and O–H groups in total. The summed E-state index contributed by atoms with van der Waals surface area (Å²) in [5, 5.41) is 17.5. The van der Waals surface area contributed by atoms with Crippen LogP contribution in [0.25, 0.3) is 11.0 Å². The molecule has 8 nitrogen and oxygen atoms in total. The van der Waals surface area contributed by atoms with Crippen molar-refractivity contribution in [3.8, 4) is 5.75 Å². The highest BCUT2D eigenvalue weighted by molar-refractivity contribution is 5.87. The van der Waals surface area contributed by atoms with Crippen LogP contribution < -0.4 is 10.4 Å². The zero-order chi connectivity index (χ0) is 16.6. The first kappa shape index (κ1) is 14.8. The summed E-state index contributed by atoms with van der Waals surface area (Å²) in [4.78, 5) is 23.0. The Balaban J connectivity index is 2.16. The lowest BCUT2D eigenvalue weighted by atomic mass is 10.1. The zero-order valence-electron chi connectivity index (χ0n) is 12.4. The number of rotatable bonds is 4. The number of ether oxygens (including phenoxy) is 1. The quantitative estimate of drug-likeness (QED) is 0.726. The third-order valence-corrected chi connectivity index (χ3v) is 3.46. The van der Waals surface area contributed by atoms with Gasteiger partial charge >= 0.3 is 11.6 Å². The fraction of sp³-hybridized carbons (Fsp3) is 0.200. The highest BCUT2D eigenvalue weighted by Crippen LogP contribution is 2.23. The number of aromatic nitrogens is 3. The maximum absolute atomic E-state index is 11.7. The summed E-state index contributed by atoms with van der Waals surface area (Å²) in [7, 11) is 1.53. The number of carbonyl (C=O) groups is 1. The molecule has 1 aromatic carbocycles. The number of carboxylic acid groups (broad SMARTS) is 1. The van der Waals surface area contributed by atoms with E-state index >= 15 is 0 Å². The van der Waals surface area contributed by atoms with Crippen LogP contribution in [0.5, 0.6) is 5.75 Å². The van der Waals surface area contributed by atoms with Crippen molar-refractivity contribution in [1.82, 2.24) is 15.0 Å². The van der Waals surface area contributed by atoms with Crippen LogP contribution in [-0.2, 0) is 6.54 Å². The molecule has 0 aliphatic carbocycles. The second kappa shape index (κ2) is 5.56. The molecule has 0 bridgehead atoms. The Bertz CT molecular complexity index is 957. The Morgan fingerprint density at radius 1 is 1.39 bits per heavy atom. The fourth-order valence-corrected chi connectivity index (χ4v) is 2.40. The first-order valence-electron chi connectivity index (χ1n) is 6.73. The molecule has 0 radical (unpaired) electrons. The van der Waals surface area contributed by atoms with Crippen molar-refractivity contribution in [2.45, 2.75) is 13.5 Å². The van der Waals surface area contributed by atoms with E-state index in [4.69, 9.17) is 9.15 Å². The minimum atomic E-state index is -1.13. The molecule has 0 saturated carbocycles. The second-order valence-electron chi connectivity index (χ2n) is 4.94. The Hall–Kier alpha value is -3.16. The number of hydrogen-bond donors (Lipinski definition) is 1. The average Bonchev–Trinajstić information content (AvgIpc) is 2.87. The van der Waals surface area contributed by atoms with Crippen molar-refractivity contribution in [2.24, 2.45) is 0 Å². The van der Waals surface area contributed by atoms with E-state index in [1.54, 1.807) is 25.1 Å². The van der Waals surface area contributed by atoms with Gasteiger partial charge in [0.1, 0.15) is 11.3 Å². The van der Waals surface area contributed by atoms with E-state index < -0.39 is 11.6 Å². The molecule has 0 fully saturated rings. The first-order chi connectivity index (χ1) is 11.0. The van der Waals surface area contributed by atoms with Crippen LogP contribution in [0.4, 0.5) is 0 Å². The van der Waals surface area contributed by atoms with Gasteiger partial charge in [-0.15, -0.1) is 5.10 Å². The lowest BCUT2D eigenvalue weighted by Crippen LogP contribution is -2.13. The fourth-order valence-electron chi connectivity index (χ4n) is 2.40. The molecule has 0 atom stereocenters. The number of aryl methyl sites for hydroxylation is 1. The number of hydrogen-bond acceptors (Lipinski definition) is 6. The summed E-state index contributed by atoms with van der Waals surface area (Å²) in [6.07, 6.45) is 0. The van der Waals surface area contributed by atoms with Gasteiger partial charge in [0.05, 0.1) is 19.3 Å². The van der Waals surface area contributed by atoms with Gasteiger partial charge in [-0.25, -0.2) is 14.3 Å². The lowest BCUT2D eigenvalue weighted by Gasteiger charge is -2.08. The molecule has 118 valence electrons. The van der Waals surface area contributed by atoms with Crippen LogP contribution in [0.3, 0.4) is 0 Å². The third-order valence-electron chi connectivity index (χ3n) is 3.46. The number of methoxy groups -OCH3 is 1. The molecule has 8 heteroatoms. The maximum Gasteiger partial charge on any atom is 0.356 e. The monoisotopic (exact) mass is 315 g/mol. The number of fused-ring (bicyclic) bond motifs is 1. The molecule has 2 heterocycles. The third kappa shape index (κ3) is 2.66. The van der Waals surface area contributed by atoms with Gasteiger partial charge in [0.25, 0.3) is 0 Å². The van der Waals surface area contributed by atoms with Crippen LogP contribution in [0.2, 0.25) is 0 Å². The van der Waals surface area contributed by atoms with E-state index in [0.717, 1.165) is 0 Å². The molecule has 0 saturated heterocycles. The van der Waals surface area contributed by atoms with Gasteiger partial charge in [0.15, 0.2) is 5.69 Å². The van der Waals surface area contributed by atoms with E-state index in [0.29, 0.717) is 28.0 Å². The standard InChI is InChI=1S/C15H13N3O5/c1-8-14(15(20)21)18(17-16-8)7-9-5-13(19)23-12-4-3-10(22-2)6-11(9)12/h3-6H,7H2,1-2H3,(H,20,21). The Morgan fingerprint density at radius 3 is 2.87 bits per heavy atom. The summed E-state index contributed by atoms with van der Waals surface area (Å²) < 4.78 is 11.6. The van der Waals surface area contributed by atoms with Crippen LogP contribution in [-0.4, -0.2) is 33.2 Å². The molecule has 0 aliphatic rings. The molecule has 0 amide bonds. The van der Waals surface area contributed by atoms with Crippen LogP contribution in [0.1, 0.15) is 21.7 Å². The lowest BCUT2D eigenvalue weighted by molar-refractivity contribution is 0.0683. The topological polar surface area (TPSA) is 107 Å². The van der Waals surface area contributed by atoms with Gasteiger partial charge in [-0.1, -0.05) is 5.21 Å². The maximum atomic E-state index is 11.7. The molecular formula is C15H13N3O5. The van der Waals surface area contributed by atoms with Crippen LogP contribution in [0.15, 0.2) is 33.5 Å². The Morgan fingerprint density at radius 2 is 2.17 bits per heavy atom. The van der Waals surface area contributed by atoms with Crippen molar-refractivity contribution >= 4 is 16.9 Å². The average molecular weight is 315 g/mol. The summed E-state index contributed by atoms with van der Waals surface area (Å²) >= 11 is 0. The molecule has 23 heavy (non-hydrogen) atoms. The van der Waals surface area contributed by atoms with E-state index in [1.165, 1.54) is 17.9 Å². The summed E-state index contributed by atoms with van der Waals surface area (Å²) in [5.41, 5.74) is 0.729. The van der Waals surface area contributed by atoms with Crippen molar-refractivity contribution in [1.29, 1.82) is 0 Å². The normalized spacial score (nSPS) is 10.9. The Kier molecular flexibility index (Phi) is 3.57. The highest BCUT2D eigenvalue weighted by atomic mass is 16.5. The smallest absolute Gasteiger partial charge is 0.356 e. The van der Waals surface area contributed by atoms with E-state index in [9.17, 15) is 14.7 Å². The van der Waals surface area contributed by atoms with Crippen molar-refractivity contribution in [2.75, 3.05) is 7.11 Å². The van der Waals surface area contributed by atoms with Gasteiger partial charge in [0, 0.05) is 11.5 Å². The molecule has 0 aliphatic heterocycles. The molecule has 0 unspecified atom stereocenters. The van der Waals surface area contributed by atoms with Gasteiger partial charge in [-0.2, -0.15) is 0 Å². The van der Waals surface area contributed by atoms with Crippen LogP contribution >= 0.6 is 0 Å². The molecule has 0 spiro atoms. The molecule has 3 aromatic rings. The Labute approximate surface area is 129 Å². The predicted molar refractivity (Wildman–Crippen MR) is 79.9 cm³/mol. The number of aromatic carboxylic acids is 1. The van der Waals surface area contributed by atoms with Gasteiger partial charge in [-0.05, 0) is 30.7 Å². The SMILES string of the molecule is COc1ccc2oc(=O)cc(Cn3nnc(C)c3C(=O)O)c2c1. The summed E-state index contributed by atoms with van der Waals surface area (Å²) in [6.45, 7) is 1.64. The number of nitrogens with zero attached hydrogens (tertiary/aromatic N) is 3. The summed E-state index contributed by atoms with van der Waals surface area (Å²) in [5.74, 6) is -0.529. The number of benzene rings is 1. The largest absolute Gasteiger partial charge is 0.497 e. The van der Waals surface area contributed by atoms with Gasteiger partial charge < -0.3 is 14.3 Å². The van der Waals surface area contributed by atoms with Crippen LogP contribution in [0, 0.1) is 6.92 Å². The number of carboxylic acids is 1. The highest BCUT2D eigenvalue weighted by Gasteiger charge is 2.18. The van der Waals surface area contributed by atoms with Gasteiger partial charge in [-0.3, -0.25) is 0 Å². The van der Waals surface area contributed by atoms with E-state index in [1.807, 2.05) is 0 Å². The second-order valence-corrected chi connectivity index (χ2v) is 4.94. The van der Waals surface area contributed by atoms with Crippen molar-refractivity contribution < 1.29 is 19.1 Å². The minimum absolute atomic E-state index is 0.0192. The molecule has 3 rings (SSSR count). The molecular weight excluding hydrogens is 302 g/mol. The van der Waals surface area contributed by atoms with Crippen molar-refractivity contribution in [3.63, 3.8) is 0 Å².